The van der Waals surface area contributed by atoms with Gasteiger partial charge in [-0.1, -0.05) is 12.1 Å². The van der Waals surface area contributed by atoms with Crippen molar-refractivity contribution in [2.24, 2.45) is 0 Å². The molecule has 2 fully saturated rings. The molecule has 2 aromatic rings. The number of nitrogens with zero attached hydrogens (tertiary/aromatic N) is 4. The molecule has 15 nitrogen and oxygen atoms in total. The minimum Gasteiger partial charge on any atom is -0.481 e. The van der Waals surface area contributed by atoms with E-state index in [1.165, 1.54) is 49.9 Å². The lowest BCUT2D eigenvalue weighted by atomic mass is 9.96. The zero-order valence-corrected chi connectivity index (χ0v) is 24.2. The molecule has 42 heavy (non-hydrogen) atoms. The van der Waals surface area contributed by atoms with Crippen LogP contribution >= 0.6 is 0 Å². The van der Waals surface area contributed by atoms with Crippen LogP contribution in [0.3, 0.4) is 0 Å². The van der Waals surface area contributed by atoms with Crippen molar-refractivity contribution in [1.29, 1.82) is 0 Å². The summed E-state index contributed by atoms with van der Waals surface area (Å²) in [5.74, 6) is -5.02. The Labute approximate surface area is 244 Å². The van der Waals surface area contributed by atoms with Gasteiger partial charge in [-0.15, -0.1) is 0 Å². The van der Waals surface area contributed by atoms with Gasteiger partial charge in [0.1, 0.15) is 0 Å². The Bertz CT molecular complexity index is 1150. The normalized spacial score (nSPS) is 18.8. The highest BCUT2D eigenvalue weighted by Crippen LogP contribution is 2.30. The molecule has 2 aliphatic heterocycles. The molecule has 4 heterocycles. The molecular weight excluding hydrogens is 576 g/mol. The summed E-state index contributed by atoms with van der Waals surface area (Å²) in [7, 11) is -0.296. The molecular formula is C26H38N4O11S. The number of aliphatic hydroxyl groups is 1. The van der Waals surface area contributed by atoms with Gasteiger partial charge in [-0.2, -0.15) is 8.42 Å². The van der Waals surface area contributed by atoms with Crippen molar-refractivity contribution >= 4 is 28.3 Å². The maximum absolute atomic E-state index is 10.3. The van der Waals surface area contributed by atoms with E-state index in [1.807, 2.05) is 36.9 Å². The summed E-state index contributed by atoms with van der Waals surface area (Å²) >= 11 is 0. The summed E-state index contributed by atoms with van der Waals surface area (Å²) in [5.41, 5.74) is -0.0208. The van der Waals surface area contributed by atoms with Crippen LogP contribution in [0.1, 0.15) is 61.7 Å². The molecule has 0 saturated carbocycles. The summed E-state index contributed by atoms with van der Waals surface area (Å²) in [6.45, 7) is 2.44. The Hall–Kier alpha value is -3.54. The molecule has 2 saturated heterocycles. The number of aliphatic carboxylic acids is 3. The van der Waals surface area contributed by atoms with Crippen molar-refractivity contribution in [1.82, 2.24) is 19.8 Å². The number of carboxylic acid groups (broad SMARTS) is 3. The lowest BCUT2D eigenvalue weighted by molar-refractivity contribution is -0.170. The van der Waals surface area contributed by atoms with E-state index in [9.17, 15) is 14.4 Å². The first-order chi connectivity index (χ1) is 19.5. The Morgan fingerprint density at radius 3 is 1.40 bits per heavy atom. The van der Waals surface area contributed by atoms with E-state index in [1.54, 1.807) is 0 Å². The third-order valence-electron chi connectivity index (χ3n) is 6.46. The van der Waals surface area contributed by atoms with Crippen molar-refractivity contribution in [2.45, 2.75) is 56.2 Å². The first kappa shape index (κ1) is 36.5. The second-order valence-electron chi connectivity index (χ2n) is 9.78. The van der Waals surface area contributed by atoms with Crippen molar-refractivity contribution in [3.8, 4) is 0 Å². The van der Waals surface area contributed by atoms with Crippen LogP contribution < -0.4 is 0 Å². The quantitative estimate of drug-likeness (QED) is 0.244. The minimum atomic E-state index is -4.67. The number of hydrogen-bond donors (Lipinski definition) is 6. The predicted molar refractivity (Wildman–Crippen MR) is 149 cm³/mol. The second kappa shape index (κ2) is 17.4. The van der Waals surface area contributed by atoms with E-state index in [-0.39, 0.29) is 0 Å². The third kappa shape index (κ3) is 14.4. The topological polar surface area (TPSA) is 239 Å². The molecule has 0 spiro atoms. The van der Waals surface area contributed by atoms with Gasteiger partial charge < -0.3 is 20.4 Å². The zero-order chi connectivity index (χ0) is 31.9. The fourth-order valence-electron chi connectivity index (χ4n) is 4.52. The van der Waals surface area contributed by atoms with E-state index < -0.39 is 46.7 Å². The van der Waals surface area contributed by atoms with E-state index in [4.69, 9.17) is 37.9 Å². The summed E-state index contributed by atoms with van der Waals surface area (Å²) in [6.07, 6.45) is 10.5. The maximum Gasteiger partial charge on any atom is 0.394 e. The largest absolute Gasteiger partial charge is 0.481 e. The molecule has 16 heteroatoms. The van der Waals surface area contributed by atoms with E-state index in [0.717, 1.165) is 0 Å². The van der Waals surface area contributed by atoms with Gasteiger partial charge >= 0.3 is 28.3 Å². The fraction of sp³-hybridized carbons (Fsp3) is 0.500. The number of hydrogen-bond acceptors (Lipinski definition) is 10. The average molecular weight is 615 g/mol. The van der Waals surface area contributed by atoms with Crippen LogP contribution in [-0.2, 0) is 24.8 Å². The number of likely N-dealkylation sites (tertiary alicyclic amines) is 2. The molecule has 0 radical (unpaired) electrons. The first-order valence-electron chi connectivity index (χ1n) is 12.8. The standard InChI is InChI=1S/2C10H14N2.C6H8O7.H2O4S/c2*1-12-7-3-5-10(12)9-4-2-6-11-8-9;7-3(8)1-6(13,5(11)12)2-4(9)10;1-5(2,3)4/h2*2,4,6,8,10H,3,5,7H2,1H3;13H,1-2H2,(H,7,8)(H,9,10)(H,11,12);(H2,1,2,3,4). The van der Waals surface area contributed by atoms with Crippen molar-refractivity contribution in [3.63, 3.8) is 0 Å². The summed E-state index contributed by atoms with van der Waals surface area (Å²) < 4.78 is 31.6. The highest BCUT2D eigenvalue weighted by molar-refractivity contribution is 7.79. The van der Waals surface area contributed by atoms with Crippen molar-refractivity contribution < 1.29 is 52.3 Å². The monoisotopic (exact) mass is 614 g/mol. The van der Waals surface area contributed by atoms with Crippen LogP contribution in [0.5, 0.6) is 0 Å². The highest BCUT2D eigenvalue weighted by atomic mass is 32.3. The van der Waals surface area contributed by atoms with E-state index in [0.29, 0.717) is 12.1 Å². The minimum absolute atomic E-state index is 0.610. The second-order valence-corrected chi connectivity index (χ2v) is 10.7. The number of rotatable bonds is 7. The molecule has 4 rings (SSSR count). The number of aromatic nitrogens is 2. The smallest absolute Gasteiger partial charge is 0.394 e. The van der Waals surface area contributed by atoms with Crippen LogP contribution in [0.15, 0.2) is 49.1 Å². The average Bonchev–Trinajstić information content (AvgIpc) is 3.51. The van der Waals surface area contributed by atoms with Crippen LogP contribution in [0.4, 0.5) is 0 Å². The van der Waals surface area contributed by atoms with Gasteiger partial charge in [0.05, 0.1) is 12.8 Å². The number of pyridine rings is 2. The zero-order valence-electron chi connectivity index (χ0n) is 23.4. The summed E-state index contributed by atoms with van der Waals surface area (Å²) in [4.78, 5) is 43.6. The molecule has 2 unspecified atom stereocenters. The fourth-order valence-corrected chi connectivity index (χ4v) is 4.52. The summed E-state index contributed by atoms with van der Waals surface area (Å²) in [5, 5.41) is 33.8. The van der Waals surface area contributed by atoms with Gasteiger partial charge in [-0.25, -0.2) is 4.79 Å². The molecule has 2 aliphatic rings. The molecule has 0 aromatic carbocycles. The molecule has 6 N–H and O–H groups in total. The van der Waals surface area contributed by atoms with Crippen molar-refractivity contribution in [2.75, 3.05) is 27.2 Å². The SMILES string of the molecule is CN1CCCC1c1cccnc1.CN1CCCC1c1cccnc1.O=C(O)CC(O)(CC(=O)O)C(=O)O.O=S(=O)(O)O. The third-order valence-corrected chi connectivity index (χ3v) is 6.46. The molecule has 234 valence electrons. The van der Waals surface area contributed by atoms with E-state index >= 15 is 0 Å². The van der Waals surface area contributed by atoms with Crippen LogP contribution in [-0.4, -0.2) is 108 Å². The number of carbonyl (C=O) groups is 3. The van der Waals surface area contributed by atoms with Gasteiger partial charge in [0.2, 0.25) is 0 Å². The molecule has 0 bridgehead atoms. The van der Waals surface area contributed by atoms with Crippen LogP contribution in [0, 0.1) is 0 Å². The van der Waals surface area contributed by atoms with Gasteiger partial charge in [0.25, 0.3) is 0 Å². The van der Waals surface area contributed by atoms with Crippen LogP contribution in [0.25, 0.3) is 0 Å². The Morgan fingerprint density at radius 1 is 0.833 bits per heavy atom. The number of carboxylic acids is 3. The summed E-state index contributed by atoms with van der Waals surface area (Å²) in [6, 6.07) is 9.58. The molecule has 2 atom stereocenters. The maximum atomic E-state index is 10.3. The van der Waals surface area contributed by atoms with Gasteiger partial charge in [0.15, 0.2) is 5.60 Å². The highest BCUT2D eigenvalue weighted by Gasteiger charge is 2.40. The van der Waals surface area contributed by atoms with Gasteiger partial charge in [-0.05, 0) is 76.1 Å². The molecule has 0 amide bonds. The predicted octanol–water partition coefficient (Wildman–Crippen LogP) is 1.80. The van der Waals surface area contributed by atoms with E-state index in [2.05, 4.69) is 46.0 Å². The van der Waals surface area contributed by atoms with Crippen LogP contribution in [0.2, 0.25) is 0 Å². The first-order valence-corrected chi connectivity index (χ1v) is 14.2. The lowest BCUT2D eigenvalue weighted by Crippen LogP contribution is -2.42. The Balaban J connectivity index is 0.000000292. The molecule has 0 aliphatic carbocycles. The van der Waals surface area contributed by atoms with Crippen molar-refractivity contribution in [3.05, 3.63) is 60.2 Å². The lowest BCUT2D eigenvalue weighted by Gasteiger charge is -2.18. The van der Waals surface area contributed by atoms with Gasteiger partial charge in [0, 0.05) is 36.9 Å². The molecule has 2 aromatic heterocycles. The Morgan fingerprint density at radius 2 is 1.19 bits per heavy atom. The van der Waals surface area contributed by atoms with Gasteiger partial charge in [-0.3, -0.25) is 38.5 Å². The Kier molecular flexibility index (Phi) is 15.1.